The second-order valence-electron chi connectivity index (χ2n) is 8.34. The van der Waals surface area contributed by atoms with Crippen LogP contribution in [-0.4, -0.2) is 39.3 Å². The van der Waals surface area contributed by atoms with Gasteiger partial charge in [-0.05, 0) is 44.7 Å². The van der Waals surface area contributed by atoms with E-state index in [9.17, 15) is 14.9 Å². The molecule has 6 nitrogen and oxygen atoms in total. The first-order chi connectivity index (χ1) is 15.4. The van der Waals surface area contributed by atoms with Crippen LogP contribution in [0.4, 0.5) is 5.82 Å². The van der Waals surface area contributed by atoms with Crippen molar-refractivity contribution in [3.8, 4) is 6.07 Å². The number of anilines is 1. The zero-order valence-corrected chi connectivity index (χ0v) is 20.9. The van der Waals surface area contributed by atoms with E-state index in [-0.39, 0.29) is 17.0 Å². The first-order valence-electron chi connectivity index (χ1n) is 11.6. The average Bonchev–Trinajstić information content (AvgIpc) is 3.39. The van der Waals surface area contributed by atoms with Gasteiger partial charge in [0.05, 0.1) is 4.91 Å². The van der Waals surface area contributed by atoms with Crippen molar-refractivity contribution >= 4 is 46.1 Å². The normalized spacial score (nSPS) is 17.6. The first-order valence-corrected chi connectivity index (χ1v) is 12.8. The SMILES string of the molecule is CCCCCCCN1C(=O)C(=Cc2c(C)c(C#N)c(=O)n(CC)c2N2CCCC2)SC1=S. The number of carbonyl (C=O) groups is 1. The van der Waals surface area contributed by atoms with E-state index in [1.165, 1.54) is 31.0 Å². The molecule has 2 aliphatic rings. The highest BCUT2D eigenvalue weighted by atomic mass is 32.2. The third-order valence-corrected chi connectivity index (χ3v) is 7.58. The molecule has 0 aliphatic carbocycles. The van der Waals surface area contributed by atoms with E-state index in [0.717, 1.165) is 50.2 Å². The van der Waals surface area contributed by atoms with Gasteiger partial charge in [-0.3, -0.25) is 19.1 Å². The van der Waals surface area contributed by atoms with Gasteiger partial charge in [0.15, 0.2) is 0 Å². The molecule has 0 radical (unpaired) electrons. The van der Waals surface area contributed by atoms with Crippen molar-refractivity contribution < 1.29 is 4.79 Å². The Bertz CT molecular complexity index is 1020. The molecule has 3 heterocycles. The number of aromatic nitrogens is 1. The van der Waals surface area contributed by atoms with Crippen LogP contribution in [0.1, 0.15) is 75.5 Å². The Kier molecular flexibility index (Phi) is 8.55. The molecule has 0 spiro atoms. The van der Waals surface area contributed by atoms with Gasteiger partial charge in [0.1, 0.15) is 21.8 Å². The molecule has 0 aromatic carbocycles. The summed E-state index contributed by atoms with van der Waals surface area (Å²) >= 11 is 6.83. The van der Waals surface area contributed by atoms with Crippen molar-refractivity contribution in [3.05, 3.63) is 31.9 Å². The van der Waals surface area contributed by atoms with Crippen LogP contribution in [0.25, 0.3) is 6.08 Å². The highest BCUT2D eigenvalue weighted by Gasteiger charge is 2.33. The summed E-state index contributed by atoms with van der Waals surface area (Å²) < 4.78 is 2.26. The van der Waals surface area contributed by atoms with Gasteiger partial charge in [-0.25, -0.2) is 0 Å². The van der Waals surface area contributed by atoms with Crippen molar-refractivity contribution in [2.24, 2.45) is 0 Å². The number of unbranched alkanes of at least 4 members (excludes halogenated alkanes) is 4. The molecule has 172 valence electrons. The van der Waals surface area contributed by atoms with Crippen molar-refractivity contribution in [3.63, 3.8) is 0 Å². The maximum Gasteiger partial charge on any atom is 0.270 e. The Morgan fingerprint density at radius 1 is 1.12 bits per heavy atom. The fraction of sp³-hybridized carbons (Fsp3) is 0.583. The molecule has 0 N–H and O–H groups in total. The van der Waals surface area contributed by atoms with Crippen LogP contribution in [0, 0.1) is 18.3 Å². The largest absolute Gasteiger partial charge is 0.357 e. The molecule has 0 atom stereocenters. The average molecular weight is 473 g/mol. The van der Waals surface area contributed by atoms with Crippen LogP contribution in [0.15, 0.2) is 9.70 Å². The number of thioether (sulfide) groups is 1. The molecule has 1 aromatic rings. The quantitative estimate of drug-likeness (QED) is 0.292. The van der Waals surface area contributed by atoms with Crippen molar-refractivity contribution in [2.45, 2.75) is 72.3 Å². The Labute approximate surface area is 200 Å². The lowest BCUT2D eigenvalue weighted by atomic mass is 10.0. The Hall–Kier alpha value is -2.11. The van der Waals surface area contributed by atoms with Crippen molar-refractivity contribution in [2.75, 3.05) is 24.5 Å². The summed E-state index contributed by atoms with van der Waals surface area (Å²) in [5.41, 5.74) is 1.31. The van der Waals surface area contributed by atoms with Crippen LogP contribution in [0.2, 0.25) is 0 Å². The summed E-state index contributed by atoms with van der Waals surface area (Å²) in [5.74, 6) is 0.742. The maximum atomic E-state index is 13.2. The second kappa shape index (κ2) is 11.2. The van der Waals surface area contributed by atoms with E-state index >= 15 is 0 Å². The standard InChI is InChI=1S/C24H32N4O2S2/c1-4-6-7-8-9-14-28-23(30)20(32-24(28)31)15-18-17(3)19(16-25)22(29)27(5-2)21(18)26-12-10-11-13-26/h15H,4-14H2,1-3H3. The predicted octanol–water partition coefficient (Wildman–Crippen LogP) is 4.82. The van der Waals surface area contributed by atoms with E-state index in [4.69, 9.17) is 12.2 Å². The van der Waals surface area contributed by atoms with Gasteiger partial charge in [-0.1, -0.05) is 56.6 Å². The molecule has 0 unspecified atom stereocenters. The molecule has 0 bridgehead atoms. The Morgan fingerprint density at radius 2 is 1.81 bits per heavy atom. The van der Waals surface area contributed by atoms with Gasteiger partial charge < -0.3 is 4.90 Å². The van der Waals surface area contributed by atoms with Gasteiger partial charge in [0.25, 0.3) is 11.5 Å². The smallest absolute Gasteiger partial charge is 0.270 e. The molecular formula is C24H32N4O2S2. The number of thiocarbonyl (C=S) groups is 1. The van der Waals surface area contributed by atoms with Gasteiger partial charge in [0.2, 0.25) is 0 Å². The zero-order chi connectivity index (χ0) is 23.3. The lowest BCUT2D eigenvalue weighted by Gasteiger charge is -2.26. The Morgan fingerprint density at radius 3 is 2.44 bits per heavy atom. The Balaban J connectivity index is 1.98. The van der Waals surface area contributed by atoms with E-state index in [1.807, 2.05) is 13.0 Å². The highest BCUT2D eigenvalue weighted by molar-refractivity contribution is 8.26. The lowest BCUT2D eigenvalue weighted by Crippen LogP contribution is -2.33. The molecule has 3 rings (SSSR count). The molecule has 0 saturated carbocycles. The number of nitriles is 1. The number of carbonyl (C=O) groups excluding carboxylic acids is 1. The number of hydrogen-bond donors (Lipinski definition) is 0. The molecule has 2 saturated heterocycles. The number of amides is 1. The van der Waals surface area contributed by atoms with Crippen LogP contribution < -0.4 is 10.5 Å². The summed E-state index contributed by atoms with van der Waals surface area (Å²) in [7, 11) is 0. The van der Waals surface area contributed by atoms with Crippen LogP contribution in [-0.2, 0) is 11.3 Å². The van der Waals surface area contributed by atoms with Gasteiger partial charge in [-0.2, -0.15) is 5.26 Å². The minimum atomic E-state index is -0.258. The maximum absolute atomic E-state index is 13.2. The van der Waals surface area contributed by atoms with Crippen LogP contribution in [0.5, 0.6) is 0 Å². The predicted molar refractivity (Wildman–Crippen MR) is 136 cm³/mol. The van der Waals surface area contributed by atoms with E-state index in [1.54, 1.807) is 16.4 Å². The number of pyridine rings is 1. The van der Waals surface area contributed by atoms with Crippen molar-refractivity contribution in [1.29, 1.82) is 5.26 Å². The summed E-state index contributed by atoms with van der Waals surface area (Å²) in [6.07, 6.45) is 9.60. The summed E-state index contributed by atoms with van der Waals surface area (Å²) in [5, 5.41) is 9.66. The van der Waals surface area contributed by atoms with E-state index < -0.39 is 0 Å². The number of hydrogen-bond acceptors (Lipinski definition) is 6. The number of rotatable bonds is 9. The number of nitrogens with zero attached hydrogens (tertiary/aromatic N) is 4. The molecule has 2 fully saturated rings. The van der Waals surface area contributed by atoms with Gasteiger partial charge >= 0.3 is 0 Å². The summed E-state index contributed by atoms with van der Waals surface area (Å²) in [6, 6.07) is 2.09. The second-order valence-corrected chi connectivity index (χ2v) is 10.0. The highest BCUT2D eigenvalue weighted by Crippen LogP contribution is 2.36. The monoisotopic (exact) mass is 472 g/mol. The van der Waals surface area contributed by atoms with E-state index in [2.05, 4.69) is 17.9 Å². The topological polar surface area (TPSA) is 69.3 Å². The van der Waals surface area contributed by atoms with Gasteiger partial charge in [0, 0.05) is 31.7 Å². The van der Waals surface area contributed by atoms with Crippen molar-refractivity contribution in [1.82, 2.24) is 9.47 Å². The molecule has 1 amide bonds. The summed E-state index contributed by atoms with van der Waals surface area (Å²) in [6.45, 7) is 8.75. The lowest BCUT2D eigenvalue weighted by molar-refractivity contribution is -0.122. The fourth-order valence-electron chi connectivity index (χ4n) is 4.40. The van der Waals surface area contributed by atoms with E-state index in [0.29, 0.717) is 27.9 Å². The first kappa shape index (κ1) is 24.5. The third kappa shape index (κ3) is 4.94. The minimum absolute atomic E-state index is 0.0741. The zero-order valence-electron chi connectivity index (χ0n) is 19.3. The molecule has 32 heavy (non-hydrogen) atoms. The fourth-order valence-corrected chi connectivity index (χ4v) is 5.69. The van der Waals surface area contributed by atoms with Gasteiger partial charge in [-0.15, -0.1) is 0 Å². The summed E-state index contributed by atoms with van der Waals surface area (Å²) in [4.78, 5) is 30.6. The molecule has 8 heteroatoms. The van der Waals surface area contributed by atoms with Crippen LogP contribution in [0.3, 0.4) is 0 Å². The molecule has 1 aromatic heterocycles. The third-order valence-electron chi connectivity index (χ3n) is 6.20. The molecule has 2 aliphatic heterocycles. The minimum Gasteiger partial charge on any atom is -0.357 e. The molecular weight excluding hydrogens is 440 g/mol. The van der Waals surface area contributed by atoms with Crippen LogP contribution >= 0.6 is 24.0 Å².